The van der Waals surface area contributed by atoms with E-state index in [9.17, 15) is 4.79 Å². The van der Waals surface area contributed by atoms with E-state index in [2.05, 4.69) is 10.3 Å². The van der Waals surface area contributed by atoms with Crippen molar-refractivity contribution < 1.29 is 4.79 Å². The lowest BCUT2D eigenvalue weighted by Gasteiger charge is -2.23. The maximum Gasteiger partial charge on any atom is 0.322 e. The Balaban J connectivity index is 1.96. The minimum Gasteiger partial charge on any atom is -0.335 e. The summed E-state index contributed by atoms with van der Waals surface area (Å²) >= 11 is 11.7. The van der Waals surface area contributed by atoms with Crippen molar-refractivity contribution in [2.24, 2.45) is 0 Å². The van der Waals surface area contributed by atoms with Crippen LogP contribution in [0.4, 0.5) is 10.5 Å². The van der Waals surface area contributed by atoms with Gasteiger partial charge in [-0.1, -0.05) is 35.3 Å². The zero-order chi connectivity index (χ0) is 14.1. The highest BCUT2D eigenvalue weighted by Crippen LogP contribution is 2.31. The van der Waals surface area contributed by atoms with Gasteiger partial charge in [-0.3, -0.25) is 4.90 Å². The minimum absolute atomic E-state index is 0.0808. The molecule has 1 aliphatic rings. The van der Waals surface area contributed by atoms with E-state index < -0.39 is 0 Å². The monoisotopic (exact) mass is 307 g/mol. The van der Waals surface area contributed by atoms with E-state index >= 15 is 0 Å². The largest absolute Gasteiger partial charge is 0.335 e. The van der Waals surface area contributed by atoms with E-state index in [1.165, 1.54) is 0 Å². The molecular formula is C14H11Cl2N3O. The molecule has 1 unspecified atom stereocenters. The lowest BCUT2D eigenvalue weighted by atomic mass is 10.1. The fraction of sp³-hybridized carbons (Fsp3) is 0.143. The Labute approximate surface area is 126 Å². The Morgan fingerprint density at radius 2 is 1.90 bits per heavy atom. The molecule has 1 aliphatic heterocycles. The molecule has 102 valence electrons. The Hall–Kier alpha value is -1.78. The predicted molar refractivity (Wildman–Crippen MR) is 79.3 cm³/mol. The van der Waals surface area contributed by atoms with Crippen molar-refractivity contribution in [3.63, 3.8) is 0 Å². The van der Waals surface area contributed by atoms with Gasteiger partial charge in [0.05, 0.1) is 17.9 Å². The third kappa shape index (κ3) is 2.44. The lowest BCUT2D eigenvalue weighted by Crippen LogP contribution is -2.29. The van der Waals surface area contributed by atoms with Crippen LogP contribution in [0.5, 0.6) is 0 Å². The molecule has 6 heteroatoms. The van der Waals surface area contributed by atoms with Gasteiger partial charge in [-0.05, 0) is 29.8 Å². The average molecular weight is 308 g/mol. The highest BCUT2D eigenvalue weighted by molar-refractivity contribution is 6.30. The van der Waals surface area contributed by atoms with Gasteiger partial charge < -0.3 is 5.32 Å². The summed E-state index contributed by atoms with van der Waals surface area (Å²) in [5.74, 6) is 0. The average Bonchev–Trinajstić information content (AvgIpc) is 2.83. The van der Waals surface area contributed by atoms with Crippen LogP contribution in [0.3, 0.4) is 0 Å². The molecule has 4 nitrogen and oxygen atoms in total. The van der Waals surface area contributed by atoms with E-state index in [1.807, 2.05) is 24.3 Å². The van der Waals surface area contributed by atoms with Crippen molar-refractivity contribution in [2.75, 3.05) is 11.4 Å². The van der Waals surface area contributed by atoms with E-state index in [1.54, 1.807) is 23.2 Å². The SMILES string of the molecule is O=C1NCC(c2ccc(Cl)cc2)N1c1ccc(Cl)nc1. The summed E-state index contributed by atoms with van der Waals surface area (Å²) in [5, 5.41) is 3.91. The molecule has 1 aromatic heterocycles. The van der Waals surface area contributed by atoms with Crippen molar-refractivity contribution in [3.05, 3.63) is 58.3 Å². The second-order valence-corrected chi connectivity index (χ2v) is 5.29. The van der Waals surface area contributed by atoms with E-state index in [4.69, 9.17) is 23.2 Å². The number of carbonyl (C=O) groups excluding carboxylic acids is 1. The molecule has 0 radical (unpaired) electrons. The molecule has 1 saturated heterocycles. The summed E-state index contributed by atoms with van der Waals surface area (Å²) in [5.41, 5.74) is 1.73. The second-order valence-electron chi connectivity index (χ2n) is 4.46. The number of nitrogens with zero attached hydrogens (tertiary/aromatic N) is 2. The molecule has 0 saturated carbocycles. The first-order valence-electron chi connectivity index (χ1n) is 6.09. The van der Waals surface area contributed by atoms with Gasteiger partial charge in [0.15, 0.2) is 0 Å². The number of anilines is 1. The van der Waals surface area contributed by atoms with Gasteiger partial charge in [-0.15, -0.1) is 0 Å². The van der Waals surface area contributed by atoms with Gasteiger partial charge in [-0.25, -0.2) is 9.78 Å². The molecule has 0 aliphatic carbocycles. The summed E-state index contributed by atoms with van der Waals surface area (Å²) < 4.78 is 0. The topological polar surface area (TPSA) is 45.2 Å². The third-order valence-corrected chi connectivity index (χ3v) is 3.70. The quantitative estimate of drug-likeness (QED) is 0.861. The fourth-order valence-electron chi connectivity index (χ4n) is 2.26. The number of halogens is 2. The number of aromatic nitrogens is 1. The Morgan fingerprint density at radius 1 is 1.15 bits per heavy atom. The van der Waals surface area contributed by atoms with E-state index in [-0.39, 0.29) is 12.1 Å². The normalized spacial score (nSPS) is 18.2. The van der Waals surface area contributed by atoms with Crippen molar-refractivity contribution in [3.8, 4) is 0 Å². The number of pyridine rings is 1. The van der Waals surface area contributed by atoms with Crippen molar-refractivity contribution in [1.29, 1.82) is 0 Å². The highest BCUT2D eigenvalue weighted by atomic mass is 35.5. The molecule has 2 heterocycles. The van der Waals surface area contributed by atoms with Crippen molar-refractivity contribution in [2.45, 2.75) is 6.04 Å². The summed E-state index contributed by atoms with van der Waals surface area (Å²) in [6, 6.07) is 10.7. The number of benzene rings is 1. The molecule has 0 bridgehead atoms. The first-order valence-corrected chi connectivity index (χ1v) is 6.85. The summed E-state index contributed by atoms with van der Waals surface area (Å²) in [7, 11) is 0. The van der Waals surface area contributed by atoms with Crippen LogP contribution in [0.2, 0.25) is 10.2 Å². The maximum atomic E-state index is 12.0. The van der Waals surface area contributed by atoms with Gasteiger partial charge in [0.2, 0.25) is 0 Å². The number of hydrogen-bond acceptors (Lipinski definition) is 2. The zero-order valence-electron chi connectivity index (χ0n) is 10.4. The van der Waals surface area contributed by atoms with Gasteiger partial charge in [0.25, 0.3) is 0 Å². The molecule has 2 amide bonds. The van der Waals surface area contributed by atoms with Crippen LogP contribution in [0.15, 0.2) is 42.6 Å². The number of carbonyl (C=O) groups is 1. The van der Waals surface area contributed by atoms with Crippen LogP contribution >= 0.6 is 23.2 Å². The van der Waals surface area contributed by atoms with Crippen molar-refractivity contribution >= 4 is 34.9 Å². The number of urea groups is 1. The molecular weight excluding hydrogens is 297 g/mol. The second kappa shape index (κ2) is 5.31. The summed E-state index contributed by atoms with van der Waals surface area (Å²) in [6.07, 6.45) is 1.59. The minimum atomic E-state index is -0.144. The van der Waals surface area contributed by atoms with Crippen LogP contribution in [0.25, 0.3) is 0 Å². The Kier molecular flexibility index (Phi) is 3.51. The van der Waals surface area contributed by atoms with Gasteiger partial charge in [-0.2, -0.15) is 0 Å². The number of rotatable bonds is 2. The number of amides is 2. The number of hydrogen-bond donors (Lipinski definition) is 1. The molecule has 0 spiro atoms. The maximum absolute atomic E-state index is 12.0. The smallest absolute Gasteiger partial charge is 0.322 e. The van der Waals surface area contributed by atoms with Crippen LogP contribution in [-0.2, 0) is 0 Å². The van der Waals surface area contributed by atoms with Crippen LogP contribution in [0.1, 0.15) is 11.6 Å². The molecule has 20 heavy (non-hydrogen) atoms. The predicted octanol–water partition coefficient (Wildman–Crippen LogP) is 3.66. The Bertz CT molecular complexity index is 628. The first-order chi connectivity index (χ1) is 9.65. The van der Waals surface area contributed by atoms with Crippen LogP contribution in [-0.4, -0.2) is 17.6 Å². The Morgan fingerprint density at radius 3 is 2.55 bits per heavy atom. The van der Waals surface area contributed by atoms with Crippen LogP contribution < -0.4 is 10.2 Å². The van der Waals surface area contributed by atoms with Crippen LogP contribution in [0, 0.1) is 0 Å². The highest BCUT2D eigenvalue weighted by Gasteiger charge is 2.33. The van der Waals surface area contributed by atoms with E-state index in [0.29, 0.717) is 22.4 Å². The van der Waals surface area contributed by atoms with E-state index in [0.717, 1.165) is 5.56 Å². The molecule has 1 fully saturated rings. The standard InChI is InChI=1S/C14H11Cl2N3O/c15-10-3-1-9(2-4-10)12-8-18-14(20)19(12)11-5-6-13(16)17-7-11/h1-7,12H,8H2,(H,18,20). The fourth-order valence-corrected chi connectivity index (χ4v) is 2.50. The first kappa shape index (κ1) is 13.2. The number of nitrogens with one attached hydrogen (secondary N) is 1. The zero-order valence-corrected chi connectivity index (χ0v) is 11.9. The molecule has 2 aromatic rings. The molecule has 1 aromatic carbocycles. The third-order valence-electron chi connectivity index (χ3n) is 3.22. The van der Waals surface area contributed by atoms with Gasteiger partial charge in [0.1, 0.15) is 5.15 Å². The molecule has 1 atom stereocenters. The summed E-state index contributed by atoms with van der Waals surface area (Å²) in [6.45, 7) is 0.545. The molecule has 1 N–H and O–H groups in total. The van der Waals surface area contributed by atoms with Gasteiger partial charge in [0, 0.05) is 11.6 Å². The van der Waals surface area contributed by atoms with Crippen molar-refractivity contribution in [1.82, 2.24) is 10.3 Å². The summed E-state index contributed by atoms with van der Waals surface area (Å²) in [4.78, 5) is 17.7. The van der Waals surface area contributed by atoms with Gasteiger partial charge >= 0.3 is 6.03 Å². The lowest BCUT2D eigenvalue weighted by molar-refractivity contribution is 0.251. The molecule has 3 rings (SSSR count).